The number of ether oxygens (including phenoxy) is 2. The number of hydrogen-bond donors (Lipinski definition) is 1. The average Bonchev–Trinajstić information content (AvgIpc) is 2.96. The molecule has 0 spiro atoms. The zero-order valence-corrected chi connectivity index (χ0v) is 18.2. The van der Waals surface area contributed by atoms with Crippen molar-refractivity contribution in [2.24, 2.45) is 0 Å². The lowest BCUT2D eigenvalue weighted by Crippen LogP contribution is -2.44. The standard InChI is InChI=1S/C20H15ClN2O5S2/c1-11(24)28-15-8-3-12(9-16(15)27-2)10-17-19(26)23(20(29)30-17)22-18(25)13-4-6-14(21)7-5-13/h3-10H,1-2H3,(H,22,25)/b17-10-. The fourth-order valence-electron chi connectivity index (χ4n) is 2.50. The molecule has 0 aromatic heterocycles. The summed E-state index contributed by atoms with van der Waals surface area (Å²) in [5, 5.41) is 1.52. The molecule has 30 heavy (non-hydrogen) atoms. The van der Waals surface area contributed by atoms with Gasteiger partial charge in [0, 0.05) is 17.5 Å². The summed E-state index contributed by atoms with van der Waals surface area (Å²) < 4.78 is 10.5. The van der Waals surface area contributed by atoms with Crippen LogP contribution in [0.15, 0.2) is 47.4 Å². The topological polar surface area (TPSA) is 84.9 Å². The number of rotatable bonds is 5. The second-order valence-electron chi connectivity index (χ2n) is 5.97. The van der Waals surface area contributed by atoms with Gasteiger partial charge in [-0.3, -0.25) is 19.8 Å². The van der Waals surface area contributed by atoms with Gasteiger partial charge in [0.1, 0.15) is 0 Å². The Bertz CT molecular complexity index is 1070. The van der Waals surface area contributed by atoms with Crippen LogP contribution in [0.2, 0.25) is 5.02 Å². The molecule has 1 fully saturated rings. The third-order valence-electron chi connectivity index (χ3n) is 3.85. The first-order valence-electron chi connectivity index (χ1n) is 8.49. The summed E-state index contributed by atoms with van der Waals surface area (Å²) in [6.07, 6.45) is 1.60. The van der Waals surface area contributed by atoms with Crippen LogP contribution in [-0.2, 0) is 9.59 Å². The number of carbonyl (C=O) groups excluding carboxylic acids is 3. The third kappa shape index (κ3) is 4.99. The van der Waals surface area contributed by atoms with E-state index in [1.54, 1.807) is 48.5 Å². The molecule has 2 amide bonds. The van der Waals surface area contributed by atoms with Gasteiger partial charge >= 0.3 is 5.97 Å². The van der Waals surface area contributed by atoms with Crippen LogP contribution in [0.4, 0.5) is 0 Å². The molecule has 0 radical (unpaired) electrons. The second-order valence-corrected chi connectivity index (χ2v) is 8.08. The highest BCUT2D eigenvalue weighted by Crippen LogP contribution is 2.34. The number of hydrazine groups is 1. The van der Waals surface area contributed by atoms with Crippen molar-refractivity contribution < 1.29 is 23.9 Å². The predicted molar refractivity (Wildman–Crippen MR) is 118 cm³/mol. The summed E-state index contributed by atoms with van der Waals surface area (Å²) in [6.45, 7) is 1.29. The zero-order valence-electron chi connectivity index (χ0n) is 15.8. The Kier molecular flexibility index (Phi) is 6.76. The maximum atomic E-state index is 12.7. The van der Waals surface area contributed by atoms with Crippen LogP contribution in [-0.4, -0.2) is 34.2 Å². The Labute approximate surface area is 186 Å². The molecule has 0 atom stereocenters. The van der Waals surface area contributed by atoms with Crippen LogP contribution >= 0.6 is 35.6 Å². The number of thioether (sulfide) groups is 1. The summed E-state index contributed by atoms with van der Waals surface area (Å²) in [4.78, 5) is 36.6. The largest absolute Gasteiger partial charge is 0.493 e. The van der Waals surface area contributed by atoms with Crippen LogP contribution in [0.1, 0.15) is 22.8 Å². The van der Waals surface area contributed by atoms with Gasteiger partial charge < -0.3 is 9.47 Å². The lowest BCUT2D eigenvalue weighted by Gasteiger charge is -2.15. The van der Waals surface area contributed by atoms with Crippen molar-refractivity contribution >= 4 is 63.8 Å². The molecule has 0 unspecified atom stereocenters. The quantitative estimate of drug-likeness (QED) is 0.313. The van der Waals surface area contributed by atoms with E-state index in [0.717, 1.165) is 16.8 Å². The first kappa shape index (κ1) is 21.8. The SMILES string of the molecule is COc1cc(/C=C2\SC(=S)N(NC(=O)c3ccc(Cl)cc3)C2=O)ccc1OC(C)=O. The Morgan fingerprint density at radius 3 is 2.50 bits per heavy atom. The van der Waals surface area contributed by atoms with Crippen molar-refractivity contribution in [2.45, 2.75) is 6.92 Å². The summed E-state index contributed by atoms with van der Waals surface area (Å²) in [5.74, 6) is -0.819. The molecular weight excluding hydrogens is 448 g/mol. The van der Waals surface area contributed by atoms with Crippen molar-refractivity contribution in [2.75, 3.05) is 7.11 Å². The van der Waals surface area contributed by atoms with E-state index in [4.69, 9.17) is 33.3 Å². The molecular formula is C20H15ClN2O5S2. The molecule has 0 aliphatic carbocycles. The normalized spacial score (nSPS) is 14.8. The molecule has 1 heterocycles. The minimum atomic E-state index is -0.489. The minimum Gasteiger partial charge on any atom is -0.493 e. The molecule has 2 aromatic rings. The Morgan fingerprint density at radius 1 is 1.17 bits per heavy atom. The molecule has 7 nitrogen and oxygen atoms in total. The molecule has 0 saturated carbocycles. The number of carbonyl (C=O) groups is 3. The Hall–Kier alpha value is -2.88. The van der Waals surface area contributed by atoms with Gasteiger partial charge in [-0.2, -0.15) is 5.01 Å². The number of hydrogen-bond acceptors (Lipinski definition) is 7. The fraction of sp³-hybridized carbons (Fsp3) is 0.100. The summed E-state index contributed by atoms with van der Waals surface area (Å²) >= 11 is 12.1. The molecule has 2 aromatic carbocycles. The van der Waals surface area contributed by atoms with Crippen molar-refractivity contribution in [1.29, 1.82) is 0 Å². The summed E-state index contributed by atoms with van der Waals surface area (Å²) in [6, 6.07) is 11.1. The Balaban J connectivity index is 1.78. The van der Waals surface area contributed by atoms with E-state index < -0.39 is 17.8 Å². The maximum Gasteiger partial charge on any atom is 0.308 e. The first-order valence-corrected chi connectivity index (χ1v) is 10.1. The van der Waals surface area contributed by atoms with Crippen LogP contribution in [0.3, 0.4) is 0 Å². The van der Waals surface area contributed by atoms with Gasteiger partial charge in [0.05, 0.1) is 12.0 Å². The maximum absolute atomic E-state index is 12.7. The molecule has 0 bridgehead atoms. The molecule has 3 rings (SSSR count). The predicted octanol–water partition coefficient (Wildman–Crippen LogP) is 3.82. The number of methoxy groups -OCH3 is 1. The fourth-order valence-corrected chi connectivity index (χ4v) is 3.80. The van der Waals surface area contributed by atoms with Gasteiger partial charge in [0.15, 0.2) is 15.8 Å². The zero-order chi connectivity index (χ0) is 21.8. The molecule has 1 aliphatic rings. The molecule has 1 N–H and O–H groups in total. The van der Waals surface area contributed by atoms with E-state index in [0.29, 0.717) is 26.8 Å². The smallest absolute Gasteiger partial charge is 0.308 e. The van der Waals surface area contributed by atoms with Crippen LogP contribution < -0.4 is 14.9 Å². The average molecular weight is 463 g/mol. The van der Waals surface area contributed by atoms with Gasteiger partial charge in [0.2, 0.25) is 0 Å². The first-order chi connectivity index (χ1) is 14.3. The van der Waals surface area contributed by atoms with Crippen molar-refractivity contribution in [1.82, 2.24) is 10.4 Å². The van der Waals surface area contributed by atoms with Crippen molar-refractivity contribution in [3.8, 4) is 11.5 Å². The van der Waals surface area contributed by atoms with Crippen LogP contribution in [0.5, 0.6) is 11.5 Å². The number of thiocarbonyl (C=S) groups is 1. The molecule has 154 valence electrons. The number of benzene rings is 2. The van der Waals surface area contributed by atoms with E-state index in [9.17, 15) is 14.4 Å². The van der Waals surface area contributed by atoms with E-state index in [1.165, 1.54) is 14.0 Å². The van der Waals surface area contributed by atoms with Gasteiger partial charge in [-0.1, -0.05) is 29.4 Å². The monoisotopic (exact) mass is 462 g/mol. The number of halogens is 1. The van der Waals surface area contributed by atoms with E-state index in [1.807, 2.05) is 0 Å². The van der Waals surface area contributed by atoms with E-state index >= 15 is 0 Å². The highest BCUT2D eigenvalue weighted by atomic mass is 35.5. The van der Waals surface area contributed by atoms with Crippen molar-refractivity contribution in [3.63, 3.8) is 0 Å². The van der Waals surface area contributed by atoms with Crippen LogP contribution in [0.25, 0.3) is 6.08 Å². The lowest BCUT2D eigenvalue weighted by atomic mass is 10.2. The van der Waals surface area contributed by atoms with Crippen LogP contribution in [0, 0.1) is 0 Å². The summed E-state index contributed by atoms with van der Waals surface area (Å²) in [7, 11) is 1.44. The van der Waals surface area contributed by atoms with Gasteiger partial charge in [-0.15, -0.1) is 0 Å². The van der Waals surface area contributed by atoms with Crippen molar-refractivity contribution in [3.05, 3.63) is 63.5 Å². The van der Waals surface area contributed by atoms with Gasteiger partial charge in [-0.05, 0) is 60.3 Å². The van der Waals surface area contributed by atoms with E-state index in [2.05, 4.69) is 5.43 Å². The number of amides is 2. The van der Waals surface area contributed by atoms with Gasteiger partial charge in [-0.25, -0.2) is 0 Å². The summed E-state index contributed by atoms with van der Waals surface area (Å²) in [5.41, 5.74) is 3.47. The minimum absolute atomic E-state index is 0.192. The number of esters is 1. The molecule has 10 heteroatoms. The number of nitrogens with zero attached hydrogens (tertiary/aromatic N) is 1. The van der Waals surface area contributed by atoms with Gasteiger partial charge in [0.25, 0.3) is 11.8 Å². The van der Waals surface area contributed by atoms with E-state index in [-0.39, 0.29) is 10.1 Å². The lowest BCUT2D eigenvalue weighted by molar-refractivity contribution is -0.132. The Morgan fingerprint density at radius 2 is 1.87 bits per heavy atom. The third-order valence-corrected chi connectivity index (χ3v) is 5.41. The highest BCUT2D eigenvalue weighted by Gasteiger charge is 2.33. The second kappa shape index (κ2) is 9.29. The molecule has 1 saturated heterocycles. The molecule has 1 aliphatic heterocycles. The number of nitrogens with one attached hydrogen (secondary N) is 1. The highest BCUT2D eigenvalue weighted by molar-refractivity contribution is 8.26.